The molecule has 0 aliphatic rings. The lowest BCUT2D eigenvalue weighted by molar-refractivity contribution is -0.142. The molecule has 0 fully saturated rings. The largest absolute Gasteiger partial charge is 0.480 e. The van der Waals surface area contributed by atoms with E-state index in [4.69, 9.17) is 17.2 Å². The number of carbonyl (C=O) groups is 4. The van der Waals surface area contributed by atoms with Gasteiger partial charge < -0.3 is 43.2 Å². The van der Waals surface area contributed by atoms with Crippen LogP contribution in [0.5, 0.6) is 0 Å². The van der Waals surface area contributed by atoms with E-state index < -0.39 is 47.9 Å². The molecule has 11 N–H and O–H groups in total. The van der Waals surface area contributed by atoms with Crippen LogP contribution >= 0.6 is 0 Å². The maximum atomic E-state index is 13.2. The molecule has 0 spiro atoms. The van der Waals surface area contributed by atoms with E-state index in [1.165, 1.54) is 12.5 Å². The lowest BCUT2D eigenvalue weighted by Crippen LogP contribution is -2.59. The van der Waals surface area contributed by atoms with Crippen molar-refractivity contribution in [2.24, 2.45) is 34.0 Å². The first-order chi connectivity index (χ1) is 17.4. The quantitative estimate of drug-likeness (QED) is 0.0718. The maximum absolute atomic E-state index is 13.2. The van der Waals surface area contributed by atoms with Crippen LogP contribution in [0.25, 0.3) is 0 Å². The Kier molecular flexibility index (Phi) is 13.1. The Morgan fingerprint density at radius 3 is 2.22 bits per heavy atom. The summed E-state index contributed by atoms with van der Waals surface area (Å²) in [6.07, 6.45) is 4.14. The highest BCUT2D eigenvalue weighted by atomic mass is 16.4. The van der Waals surface area contributed by atoms with Gasteiger partial charge in [-0.3, -0.25) is 19.4 Å². The molecule has 37 heavy (non-hydrogen) atoms. The molecule has 0 saturated carbocycles. The van der Waals surface area contributed by atoms with Crippen molar-refractivity contribution in [3.05, 3.63) is 18.2 Å². The highest BCUT2D eigenvalue weighted by Gasteiger charge is 2.32. The van der Waals surface area contributed by atoms with Crippen molar-refractivity contribution in [3.8, 4) is 0 Å². The number of carbonyl (C=O) groups excluding carboxylic acids is 3. The van der Waals surface area contributed by atoms with Gasteiger partial charge in [0, 0.05) is 24.9 Å². The predicted octanol–water partition coefficient (Wildman–Crippen LogP) is -1.43. The Morgan fingerprint density at radius 1 is 1.05 bits per heavy atom. The van der Waals surface area contributed by atoms with E-state index in [0.717, 1.165) is 0 Å². The Morgan fingerprint density at radius 2 is 1.70 bits per heavy atom. The minimum atomic E-state index is -1.23. The van der Waals surface area contributed by atoms with Gasteiger partial charge in [-0.2, -0.15) is 0 Å². The molecule has 1 heterocycles. The van der Waals surface area contributed by atoms with E-state index in [1.807, 2.05) is 13.8 Å². The Balaban J connectivity index is 2.98. The number of nitrogens with one attached hydrogen (secondary N) is 4. The SMILES string of the molecule is CCC(C)C(N)C(=O)NC(Cc1cnc[nH]1)C(=O)NC(C(=O)NC(CCCN=C(N)N)C(=O)O)C(C)C. The van der Waals surface area contributed by atoms with E-state index in [2.05, 4.69) is 30.9 Å². The molecule has 0 aliphatic carbocycles. The molecule has 0 saturated heterocycles. The number of aliphatic carboxylic acids is 1. The molecule has 0 bridgehead atoms. The molecule has 0 aliphatic heterocycles. The third-order valence-corrected chi connectivity index (χ3v) is 5.98. The highest BCUT2D eigenvalue weighted by molar-refractivity contribution is 5.94. The minimum absolute atomic E-state index is 0.0831. The average molecular weight is 524 g/mol. The normalized spacial score (nSPS) is 15.1. The van der Waals surface area contributed by atoms with Gasteiger partial charge in [-0.1, -0.05) is 34.1 Å². The lowest BCUT2D eigenvalue weighted by atomic mass is 9.98. The van der Waals surface area contributed by atoms with Gasteiger partial charge in [-0.05, 0) is 24.7 Å². The molecular formula is C23H41N9O5. The van der Waals surface area contributed by atoms with E-state index in [-0.39, 0.29) is 37.2 Å². The average Bonchev–Trinajstić information content (AvgIpc) is 3.35. The molecule has 1 aromatic rings. The number of carboxylic acids is 1. The summed E-state index contributed by atoms with van der Waals surface area (Å²) in [5.41, 5.74) is 17.2. The first-order valence-corrected chi connectivity index (χ1v) is 12.3. The number of hydrogen-bond acceptors (Lipinski definition) is 7. The number of aromatic nitrogens is 2. The molecule has 1 aromatic heterocycles. The fourth-order valence-corrected chi connectivity index (χ4v) is 3.42. The molecule has 5 atom stereocenters. The van der Waals surface area contributed by atoms with Crippen molar-refractivity contribution in [3.63, 3.8) is 0 Å². The maximum Gasteiger partial charge on any atom is 0.326 e. The zero-order valence-corrected chi connectivity index (χ0v) is 21.9. The van der Waals surface area contributed by atoms with Gasteiger partial charge in [0.2, 0.25) is 17.7 Å². The van der Waals surface area contributed by atoms with Crippen molar-refractivity contribution < 1.29 is 24.3 Å². The molecule has 208 valence electrons. The first kappa shape index (κ1) is 31.4. The molecule has 5 unspecified atom stereocenters. The topological polar surface area (TPSA) is 244 Å². The number of guanidine groups is 1. The Labute approximate surface area is 216 Å². The summed E-state index contributed by atoms with van der Waals surface area (Å²) in [5, 5.41) is 17.3. The van der Waals surface area contributed by atoms with E-state index in [9.17, 15) is 24.3 Å². The molecule has 1 rings (SSSR count). The zero-order valence-electron chi connectivity index (χ0n) is 21.9. The number of rotatable bonds is 16. The summed E-state index contributed by atoms with van der Waals surface area (Å²) < 4.78 is 0. The number of nitrogens with two attached hydrogens (primary N) is 3. The fraction of sp³-hybridized carbons (Fsp3) is 0.652. The lowest BCUT2D eigenvalue weighted by Gasteiger charge is -2.27. The van der Waals surface area contributed by atoms with Gasteiger partial charge in [0.25, 0.3) is 0 Å². The minimum Gasteiger partial charge on any atom is -0.480 e. The number of amides is 3. The molecule has 3 amide bonds. The molecule has 0 aromatic carbocycles. The van der Waals surface area contributed by atoms with Gasteiger partial charge in [0.05, 0.1) is 12.4 Å². The number of aromatic amines is 1. The van der Waals surface area contributed by atoms with E-state index in [0.29, 0.717) is 18.5 Å². The highest BCUT2D eigenvalue weighted by Crippen LogP contribution is 2.09. The van der Waals surface area contributed by atoms with E-state index in [1.54, 1.807) is 13.8 Å². The summed E-state index contributed by atoms with van der Waals surface area (Å²) in [5.74, 6) is -3.61. The van der Waals surface area contributed by atoms with Gasteiger partial charge in [0.15, 0.2) is 5.96 Å². The van der Waals surface area contributed by atoms with Crippen molar-refractivity contribution in [1.82, 2.24) is 25.9 Å². The van der Waals surface area contributed by atoms with Crippen molar-refractivity contribution >= 4 is 29.7 Å². The predicted molar refractivity (Wildman–Crippen MR) is 138 cm³/mol. The van der Waals surface area contributed by atoms with Gasteiger partial charge >= 0.3 is 5.97 Å². The van der Waals surface area contributed by atoms with Crippen LogP contribution < -0.4 is 33.2 Å². The van der Waals surface area contributed by atoms with Crippen LogP contribution in [0.2, 0.25) is 0 Å². The smallest absolute Gasteiger partial charge is 0.326 e. The van der Waals surface area contributed by atoms with Crippen molar-refractivity contribution in [2.75, 3.05) is 6.54 Å². The van der Waals surface area contributed by atoms with Gasteiger partial charge in [-0.25, -0.2) is 9.78 Å². The summed E-state index contributed by atoms with van der Waals surface area (Å²) in [6.45, 7) is 7.37. The summed E-state index contributed by atoms with van der Waals surface area (Å²) in [4.78, 5) is 61.2. The molecule has 0 radical (unpaired) electrons. The standard InChI is InChI=1S/C23H41N9O5/c1-5-13(4)17(24)20(34)31-16(9-14-10-27-11-29-14)19(33)32-18(12(2)3)21(35)30-15(22(36)37)7-6-8-28-23(25)26/h10-13,15-18H,5-9,24H2,1-4H3,(H,27,29)(H,30,35)(H,31,34)(H,32,33)(H,36,37)(H4,25,26,28). The van der Waals surface area contributed by atoms with Crippen LogP contribution in [0.4, 0.5) is 0 Å². The number of H-pyrrole nitrogens is 1. The number of aliphatic imine (C=N–C) groups is 1. The zero-order chi connectivity index (χ0) is 28.1. The van der Waals surface area contributed by atoms with Crippen LogP contribution in [0, 0.1) is 11.8 Å². The van der Waals surface area contributed by atoms with Crippen LogP contribution in [0.1, 0.15) is 52.7 Å². The number of nitrogens with zero attached hydrogens (tertiary/aromatic N) is 2. The first-order valence-electron chi connectivity index (χ1n) is 12.3. The third-order valence-electron chi connectivity index (χ3n) is 5.98. The second-order valence-corrected chi connectivity index (χ2v) is 9.33. The Hall–Kier alpha value is -3.68. The number of hydrogen-bond donors (Lipinski definition) is 8. The van der Waals surface area contributed by atoms with Gasteiger partial charge in [0.1, 0.15) is 18.1 Å². The van der Waals surface area contributed by atoms with Crippen LogP contribution in [-0.4, -0.2) is 75.4 Å². The third kappa shape index (κ3) is 10.9. The van der Waals surface area contributed by atoms with Crippen LogP contribution in [0.15, 0.2) is 17.5 Å². The summed E-state index contributed by atoms with van der Waals surface area (Å²) >= 11 is 0. The number of carboxylic acid groups (broad SMARTS) is 1. The molecular weight excluding hydrogens is 482 g/mol. The second-order valence-electron chi connectivity index (χ2n) is 9.33. The van der Waals surface area contributed by atoms with E-state index >= 15 is 0 Å². The van der Waals surface area contributed by atoms with Crippen LogP contribution in [0.3, 0.4) is 0 Å². The monoisotopic (exact) mass is 523 g/mol. The van der Waals surface area contributed by atoms with Crippen molar-refractivity contribution in [1.29, 1.82) is 0 Å². The molecule has 14 nitrogen and oxygen atoms in total. The van der Waals surface area contributed by atoms with Crippen LogP contribution in [-0.2, 0) is 25.6 Å². The van der Waals surface area contributed by atoms with Gasteiger partial charge in [-0.15, -0.1) is 0 Å². The summed E-state index contributed by atoms with van der Waals surface area (Å²) in [6, 6.07) is -4.13. The van der Waals surface area contributed by atoms with Crippen molar-refractivity contribution in [2.45, 2.75) is 77.5 Å². The number of imidazole rings is 1. The fourth-order valence-electron chi connectivity index (χ4n) is 3.42. The second kappa shape index (κ2) is 15.4. The Bertz CT molecular complexity index is 916. The summed E-state index contributed by atoms with van der Waals surface area (Å²) in [7, 11) is 0. The molecule has 14 heteroatoms.